The zero-order valence-electron chi connectivity index (χ0n) is 17.8. The number of piperidine rings is 1. The molecule has 0 saturated carbocycles. The number of anilines is 2. The first-order valence-corrected chi connectivity index (χ1v) is 11.7. The summed E-state index contributed by atoms with van der Waals surface area (Å²) in [6.07, 6.45) is 6.61. The van der Waals surface area contributed by atoms with Crippen molar-refractivity contribution in [3.63, 3.8) is 0 Å². The van der Waals surface area contributed by atoms with Crippen molar-refractivity contribution in [3.05, 3.63) is 47.0 Å². The highest BCUT2D eigenvalue weighted by Crippen LogP contribution is 2.31. The van der Waals surface area contributed by atoms with Crippen molar-refractivity contribution in [1.29, 1.82) is 0 Å². The molecular formula is C23H29N5OS. The Balaban J connectivity index is 1.40. The van der Waals surface area contributed by atoms with Gasteiger partial charge >= 0.3 is 0 Å². The summed E-state index contributed by atoms with van der Waals surface area (Å²) in [5.41, 5.74) is 2.92. The van der Waals surface area contributed by atoms with Crippen LogP contribution in [0.3, 0.4) is 0 Å². The predicted octanol–water partition coefficient (Wildman–Crippen LogP) is 3.58. The molecule has 0 bridgehead atoms. The van der Waals surface area contributed by atoms with Crippen molar-refractivity contribution >= 4 is 32.2 Å². The third-order valence-electron chi connectivity index (χ3n) is 6.48. The zero-order valence-corrected chi connectivity index (χ0v) is 18.6. The molecule has 4 heterocycles. The average molecular weight is 424 g/mol. The van der Waals surface area contributed by atoms with E-state index in [4.69, 9.17) is 0 Å². The third-order valence-corrected chi connectivity index (χ3v) is 7.65. The van der Waals surface area contributed by atoms with E-state index in [2.05, 4.69) is 52.0 Å². The van der Waals surface area contributed by atoms with Crippen LogP contribution in [-0.4, -0.2) is 60.8 Å². The van der Waals surface area contributed by atoms with Crippen LogP contribution in [0.4, 0.5) is 10.7 Å². The fourth-order valence-electron chi connectivity index (χ4n) is 4.58. The Labute approximate surface area is 181 Å². The summed E-state index contributed by atoms with van der Waals surface area (Å²) in [6.45, 7) is 4.28. The summed E-state index contributed by atoms with van der Waals surface area (Å²) in [4.78, 5) is 24.9. The summed E-state index contributed by atoms with van der Waals surface area (Å²) in [5, 5.41) is 1.17. The molecule has 1 aromatic carbocycles. The highest BCUT2D eigenvalue weighted by atomic mass is 32.1. The molecule has 5 rings (SSSR count). The van der Waals surface area contributed by atoms with Crippen LogP contribution in [-0.2, 0) is 0 Å². The quantitative estimate of drug-likeness (QED) is 0.642. The van der Waals surface area contributed by atoms with Crippen LogP contribution < -0.4 is 15.4 Å². The topological polar surface area (TPSA) is 44.6 Å². The first kappa shape index (κ1) is 19.6. The minimum atomic E-state index is 0.0230. The number of benzene rings is 1. The number of aromatic nitrogens is 2. The van der Waals surface area contributed by atoms with Gasteiger partial charge in [0.05, 0.1) is 16.2 Å². The van der Waals surface area contributed by atoms with E-state index < -0.39 is 0 Å². The minimum Gasteiger partial charge on any atom is -0.370 e. The molecule has 158 valence electrons. The number of likely N-dealkylation sites (N-methyl/N-ethyl adjacent to an activating group) is 1. The van der Waals surface area contributed by atoms with Crippen molar-refractivity contribution in [2.24, 2.45) is 0 Å². The van der Waals surface area contributed by atoms with E-state index in [9.17, 15) is 4.79 Å². The van der Waals surface area contributed by atoms with Crippen molar-refractivity contribution in [3.8, 4) is 5.69 Å². The van der Waals surface area contributed by atoms with Crippen LogP contribution in [0, 0.1) is 0 Å². The molecule has 1 unspecified atom stereocenters. The normalized spacial score (nSPS) is 19.9. The second kappa shape index (κ2) is 8.04. The summed E-state index contributed by atoms with van der Waals surface area (Å²) < 4.78 is 2.42. The van der Waals surface area contributed by atoms with Gasteiger partial charge in [0.25, 0.3) is 5.56 Å². The largest absolute Gasteiger partial charge is 0.370 e. The Kier molecular flexibility index (Phi) is 5.25. The van der Waals surface area contributed by atoms with Gasteiger partial charge in [0, 0.05) is 37.9 Å². The van der Waals surface area contributed by atoms with E-state index in [0.717, 1.165) is 42.1 Å². The predicted molar refractivity (Wildman–Crippen MR) is 126 cm³/mol. The van der Waals surface area contributed by atoms with Crippen molar-refractivity contribution in [1.82, 2.24) is 14.5 Å². The number of thiophene rings is 1. The van der Waals surface area contributed by atoms with Crippen LogP contribution in [0.15, 0.2) is 41.5 Å². The minimum absolute atomic E-state index is 0.0230. The Morgan fingerprint density at radius 1 is 1.00 bits per heavy atom. The standard InChI is InChI=1S/C23H29N5OS/c1-25(2)19-10-13-27(15-19)17-6-8-18(9-7-17)28-16-24-20-14-21(30-22(20)23(28)29)26-11-4-3-5-12-26/h6-9,14,16,19H,3-5,10-13,15H2,1-2H3. The molecule has 2 aliphatic heterocycles. The fraction of sp³-hybridized carbons (Fsp3) is 0.478. The van der Waals surface area contributed by atoms with Crippen LogP contribution >= 0.6 is 11.3 Å². The second-order valence-corrected chi connectivity index (χ2v) is 9.67. The van der Waals surface area contributed by atoms with Crippen LogP contribution in [0.25, 0.3) is 15.9 Å². The lowest BCUT2D eigenvalue weighted by molar-refractivity contribution is 0.315. The Bertz CT molecular complexity index is 1080. The average Bonchev–Trinajstić information content (AvgIpc) is 3.43. The molecule has 2 saturated heterocycles. The van der Waals surface area contributed by atoms with Gasteiger partial charge in [-0.3, -0.25) is 9.36 Å². The van der Waals surface area contributed by atoms with E-state index >= 15 is 0 Å². The summed E-state index contributed by atoms with van der Waals surface area (Å²) in [6, 6.07) is 11.0. The highest BCUT2D eigenvalue weighted by Gasteiger charge is 2.24. The molecule has 0 spiro atoms. The molecule has 2 fully saturated rings. The smallest absolute Gasteiger partial charge is 0.275 e. The number of hydrogen-bond acceptors (Lipinski definition) is 6. The Morgan fingerprint density at radius 2 is 1.73 bits per heavy atom. The maximum absolute atomic E-state index is 13.2. The van der Waals surface area contributed by atoms with Gasteiger partial charge in [-0.2, -0.15) is 0 Å². The molecule has 0 aliphatic carbocycles. The third kappa shape index (κ3) is 3.61. The first-order valence-electron chi connectivity index (χ1n) is 10.9. The number of hydrogen-bond donors (Lipinski definition) is 0. The number of fused-ring (bicyclic) bond motifs is 1. The van der Waals surface area contributed by atoms with Crippen molar-refractivity contribution < 1.29 is 0 Å². The van der Waals surface area contributed by atoms with E-state index in [0.29, 0.717) is 6.04 Å². The first-order chi connectivity index (χ1) is 14.6. The Hall–Kier alpha value is -2.38. The molecule has 0 N–H and O–H groups in total. The summed E-state index contributed by atoms with van der Waals surface area (Å²) >= 11 is 1.58. The SMILES string of the molecule is CN(C)C1CCN(c2ccc(-n3cnc4cc(N5CCCCC5)sc4c3=O)cc2)C1. The molecule has 7 heteroatoms. The maximum atomic E-state index is 13.2. The number of nitrogens with zero attached hydrogens (tertiary/aromatic N) is 5. The summed E-state index contributed by atoms with van der Waals surface area (Å²) in [7, 11) is 4.29. The van der Waals surface area contributed by atoms with Gasteiger partial charge in [0.2, 0.25) is 0 Å². The van der Waals surface area contributed by atoms with Gasteiger partial charge < -0.3 is 14.7 Å². The van der Waals surface area contributed by atoms with Crippen LogP contribution in [0.1, 0.15) is 25.7 Å². The van der Waals surface area contributed by atoms with Gasteiger partial charge in [-0.15, -0.1) is 11.3 Å². The van der Waals surface area contributed by atoms with Crippen LogP contribution in [0.5, 0.6) is 0 Å². The lowest BCUT2D eigenvalue weighted by Gasteiger charge is -2.26. The van der Waals surface area contributed by atoms with E-state index in [1.807, 2.05) is 12.1 Å². The van der Waals surface area contributed by atoms with Gasteiger partial charge in [-0.25, -0.2) is 4.98 Å². The van der Waals surface area contributed by atoms with Gasteiger partial charge in [0.1, 0.15) is 11.0 Å². The summed E-state index contributed by atoms with van der Waals surface area (Å²) in [5.74, 6) is 0. The molecule has 30 heavy (non-hydrogen) atoms. The lowest BCUT2D eigenvalue weighted by atomic mass is 10.1. The van der Waals surface area contributed by atoms with E-state index in [1.54, 1.807) is 22.2 Å². The monoisotopic (exact) mass is 423 g/mol. The van der Waals surface area contributed by atoms with Gasteiger partial charge in [-0.1, -0.05) is 0 Å². The molecule has 2 aliphatic rings. The van der Waals surface area contributed by atoms with Crippen LogP contribution in [0.2, 0.25) is 0 Å². The second-order valence-electron chi connectivity index (χ2n) is 8.63. The maximum Gasteiger partial charge on any atom is 0.275 e. The van der Waals surface area contributed by atoms with Crippen molar-refractivity contribution in [2.45, 2.75) is 31.7 Å². The van der Waals surface area contributed by atoms with Crippen molar-refractivity contribution in [2.75, 3.05) is 50.1 Å². The molecular weight excluding hydrogens is 394 g/mol. The Morgan fingerprint density at radius 3 is 2.43 bits per heavy atom. The van der Waals surface area contributed by atoms with E-state index in [1.165, 1.54) is 36.4 Å². The fourth-order valence-corrected chi connectivity index (χ4v) is 5.67. The zero-order chi connectivity index (χ0) is 20.7. The molecule has 0 radical (unpaired) electrons. The van der Waals surface area contributed by atoms with Gasteiger partial charge in [-0.05, 0) is 70.1 Å². The molecule has 3 aromatic rings. The molecule has 0 amide bonds. The number of rotatable bonds is 4. The molecule has 6 nitrogen and oxygen atoms in total. The highest BCUT2D eigenvalue weighted by molar-refractivity contribution is 7.22. The molecule has 1 atom stereocenters. The molecule has 2 aromatic heterocycles. The van der Waals surface area contributed by atoms with E-state index in [-0.39, 0.29) is 5.56 Å². The lowest BCUT2D eigenvalue weighted by Crippen LogP contribution is -2.31. The van der Waals surface area contributed by atoms with Gasteiger partial charge in [0.15, 0.2) is 0 Å².